The van der Waals surface area contributed by atoms with E-state index < -0.39 is 0 Å². The van der Waals surface area contributed by atoms with E-state index in [1.807, 2.05) is 0 Å². The topological polar surface area (TPSA) is 33.3 Å². The van der Waals surface area contributed by atoms with Gasteiger partial charge in [0.05, 0.1) is 6.10 Å². The molecule has 2 fully saturated rings. The highest BCUT2D eigenvalue weighted by Crippen LogP contribution is 2.20. The second-order valence-electron chi connectivity index (χ2n) is 4.17. The predicted octanol–water partition coefficient (Wildman–Crippen LogP) is 1.20. The lowest BCUT2D eigenvalue weighted by Gasteiger charge is -2.24. The fourth-order valence-electron chi connectivity index (χ4n) is 2.14. The fraction of sp³-hybridized carbons (Fsp3) is 1.00. The molecule has 0 aromatic carbocycles. The molecule has 0 spiro atoms. The van der Waals surface area contributed by atoms with E-state index in [-0.39, 0.29) is 0 Å². The first-order valence-electron chi connectivity index (χ1n) is 5.57. The van der Waals surface area contributed by atoms with E-state index in [2.05, 4.69) is 10.8 Å². The zero-order chi connectivity index (χ0) is 8.93. The molecule has 1 saturated carbocycles. The van der Waals surface area contributed by atoms with Gasteiger partial charge in [0, 0.05) is 6.04 Å². The van der Waals surface area contributed by atoms with Gasteiger partial charge in [0.25, 0.3) is 0 Å². The van der Waals surface area contributed by atoms with Gasteiger partial charge in [0.2, 0.25) is 0 Å². The van der Waals surface area contributed by atoms with Crippen LogP contribution in [0.5, 0.6) is 0 Å². The van der Waals surface area contributed by atoms with E-state index in [1.165, 1.54) is 38.5 Å². The maximum Gasteiger partial charge on any atom is 0.0790 e. The van der Waals surface area contributed by atoms with E-state index in [0.717, 1.165) is 13.1 Å². The number of hydrogen-bond acceptors (Lipinski definition) is 3. The van der Waals surface area contributed by atoms with Crippen LogP contribution in [0.15, 0.2) is 0 Å². The van der Waals surface area contributed by atoms with Gasteiger partial charge in [-0.05, 0) is 38.8 Å². The smallest absolute Gasteiger partial charge is 0.0790 e. The summed E-state index contributed by atoms with van der Waals surface area (Å²) in [5, 5.41) is 3.35. The van der Waals surface area contributed by atoms with Crippen molar-refractivity contribution < 1.29 is 4.84 Å². The highest BCUT2D eigenvalue weighted by molar-refractivity contribution is 4.72. The summed E-state index contributed by atoms with van der Waals surface area (Å²) in [4.78, 5) is 5.66. The molecule has 0 aromatic rings. The van der Waals surface area contributed by atoms with Crippen molar-refractivity contribution in [2.24, 2.45) is 0 Å². The first kappa shape index (κ1) is 9.44. The monoisotopic (exact) mass is 184 g/mol. The van der Waals surface area contributed by atoms with Crippen LogP contribution in [-0.4, -0.2) is 25.2 Å². The van der Waals surface area contributed by atoms with E-state index in [0.29, 0.717) is 12.1 Å². The third-order valence-corrected chi connectivity index (χ3v) is 3.04. The Labute approximate surface area is 80.2 Å². The molecular weight excluding hydrogens is 164 g/mol. The minimum Gasteiger partial charge on any atom is -0.317 e. The SMILES string of the molecule is C1CCC(ONC2CCNCC2)C1. The number of nitrogens with one attached hydrogen (secondary N) is 2. The first-order chi connectivity index (χ1) is 6.45. The Bertz CT molecular complexity index is 140. The molecule has 1 heterocycles. The summed E-state index contributed by atoms with van der Waals surface area (Å²) in [6.07, 6.45) is 8.09. The third kappa shape index (κ3) is 2.93. The number of piperidine rings is 1. The van der Waals surface area contributed by atoms with Crippen LogP contribution >= 0.6 is 0 Å². The van der Waals surface area contributed by atoms with Crippen molar-refractivity contribution in [3.63, 3.8) is 0 Å². The molecule has 2 aliphatic rings. The molecule has 0 atom stereocenters. The number of hydrogen-bond donors (Lipinski definition) is 2. The molecule has 0 radical (unpaired) electrons. The normalized spacial score (nSPS) is 26.8. The second-order valence-corrected chi connectivity index (χ2v) is 4.17. The van der Waals surface area contributed by atoms with E-state index in [9.17, 15) is 0 Å². The molecule has 2 N–H and O–H groups in total. The predicted molar refractivity (Wildman–Crippen MR) is 52.4 cm³/mol. The van der Waals surface area contributed by atoms with E-state index in [4.69, 9.17) is 4.84 Å². The van der Waals surface area contributed by atoms with Crippen LogP contribution in [0.3, 0.4) is 0 Å². The number of rotatable bonds is 3. The standard InChI is InChI=1S/C10H20N2O/c1-2-4-10(3-1)13-12-9-5-7-11-8-6-9/h9-12H,1-8H2. The molecular formula is C10H20N2O. The highest BCUT2D eigenvalue weighted by atomic mass is 16.7. The first-order valence-corrected chi connectivity index (χ1v) is 5.57. The van der Waals surface area contributed by atoms with Crippen molar-refractivity contribution in [3.8, 4) is 0 Å². The molecule has 1 saturated heterocycles. The van der Waals surface area contributed by atoms with Gasteiger partial charge in [-0.3, -0.25) is 4.84 Å². The van der Waals surface area contributed by atoms with Gasteiger partial charge in [-0.15, -0.1) is 0 Å². The zero-order valence-electron chi connectivity index (χ0n) is 8.22. The van der Waals surface area contributed by atoms with Crippen molar-refractivity contribution in [3.05, 3.63) is 0 Å². The van der Waals surface area contributed by atoms with Crippen molar-refractivity contribution in [1.82, 2.24) is 10.8 Å². The van der Waals surface area contributed by atoms with Gasteiger partial charge in [-0.1, -0.05) is 12.8 Å². The molecule has 0 aromatic heterocycles. The molecule has 76 valence electrons. The van der Waals surface area contributed by atoms with E-state index >= 15 is 0 Å². The van der Waals surface area contributed by atoms with Crippen molar-refractivity contribution in [2.45, 2.75) is 50.7 Å². The minimum absolute atomic E-state index is 0.495. The number of hydroxylamine groups is 1. The third-order valence-electron chi connectivity index (χ3n) is 3.04. The zero-order valence-corrected chi connectivity index (χ0v) is 8.22. The molecule has 1 aliphatic carbocycles. The van der Waals surface area contributed by atoms with Crippen LogP contribution in [-0.2, 0) is 4.84 Å². The Hall–Kier alpha value is -0.120. The van der Waals surface area contributed by atoms with Crippen molar-refractivity contribution in [2.75, 3.05) is 13.1 Å². The Balaban J connectivity index is 1.60. The van der Waals surface area contributed by atoms with Gasteiger partial charge in [-0.2, -0.15) is 5.48 Å². The van der Waals surface area contributed by atoms with Crippen LogP contribution in [0.25, 0.3) is 0 Å². The Morgan fingerprint density at radius 2 is 1.69 bits per heavy atom. The minimum atomic E-state index is 0.495. The summed E-state index contributed by atoms with van der Waals surface area (Å²) in [5.74, 6) is 0. The Morgan fingerprint density at radius 3 is 2.38 bits per heavy atom. The van der Waals surface area contributed by atoms with Gasteiger partial charge < -0.3 is 5.32 Å². The van der Waals surface area contributed by atoms with Crippen molar-refractivity contribution in [1.29, 1.82) is 0 Å². The van der Waals surface area contributed by atoms with Crippen LogP contribution in [0, 0.1) is 0 Å². The average Bonchev–Trinajstić information content (AvgIpc) is 2.69. The maximum absolute atomic E-state index is 5.66. The average molecular weight is 184 g/mol. The van der Waals surface area contributed by atoms with Gasteiger partial charge in [-0.25, -0.2) is 0 Å². The van der Waals surface area contributed by atoms with Crippen LogP contribution in [0.2, 0.25) is 0 Å². The van der Waals surface area contributed by atoms with Crippen molar-refractivity contribution >= 4 is 0 Å². The summed E-state index contributed by atoms with van der Waals surface area (Å²) in [7, 11) is 0. The van der Waals surface area contributed by atoms with Crippen LogP contribution < -0.4 is 10.8 Å². The van der Waals surface area contributed by atoms with E-state index in [1.54, 1.807) is 0 Å². The quantitative estimate of drug-likeness (QED) is 0.647. The Kier molecular flexibility index (Phi) is 3.58. The lowest BCUT2D eigenvalue weighted by molar-refractivity contribution is -0.0448. The van der Waals surface area contributed by atoms with Gasteiger partial charge >= 0.3 is 0 Å². The van der Waals surface area contributed by atoms with Gasteiger partial charge in [0.1, 0.15) is 0 Å². The summed E-state index contributed by atoms with van der Waals surface area (Å²) in [6, 6.07) is 0.585. The molecule has 2 rings (SSSR count). The molecule has 3 nitrogen and oxygen atoms in total. The second kappa shape index (κ2) is 4.94. The lowest BCUT2D eigenvalue weighted by Crippen LogP contribution is -2.41. The molecule has 0 bridgehead atoms. The lowest BCUT2D eigenvalue weighted by atomic mass is 10.1. The molecule has 13 heavy (non-hydrogen) atoms. The highest BCUT2D eigenvalue weighted by Gasteiger charge is 2.18. The fourth-order valence-corrected chi connectivity index (χ4v) is 2.14. The molecule has 3 heteroatoms. The Morgan fingerprint density at radius 1 is 1.00 bits per heavy atom. The van der Waals surface area contributed by atoms with Gasteiger partial charge in [0.15, 0.2) is 0 Å². The summed E-state index contributed by atoms with van der Waals surface area (Å²) < 4.78 is 0. The molecule has 0 unspecified atom stereocenters. The largest absolute Gasteiger partial charge is 0.317 e. The molecule has 0 amide bonds. The summed E-state index contributed by atoms with van der Waals surface area (Å²) in [5.41, 5.74) is 3.22. The summed E-state index contributed by atoms with van der Waals surface area (Å²) in [6.45, 7) is 2.26. The molecule has 1 aliphatic heterocycles. The maximum atomic E-state index is 5.66. The van der Waals surface area contributed by atoms with Crippen LogP contribution in [0.1, 0.15) is 38.5 Å². The van der Waals surface area contributed by atoms with Crippen LogP contribution in [0.4, 0.5) is 0 Å². The summed E-state index contributed by atoms with van der Waals surface area (Å²) >= 11 is 0.